The molecule has 1 fully saturated rings. The van der Waals surface area contributed by atoms with Crippen molar-refractivity contribution in [1.82, 2.24) is 10.2 Å². The van der Waals surface area contributed by atoms with E-state index in [-0.39, 0.29) is 17.7 Å². The molecule has 0 spiro atoms. The maximum absolute atomic E-state index is 12.8. The Labute approximate surface area is 180 Å². The average molecular weight is 417 g/mol. The molecule has 6 nitrogen and oxygen atoms in total. The number of benzene rings is 1. The Kier molecular flexibility index (Phi) is 7.92. The zero-order valence-corrected chi connectivity index (χ0v) is 18.6. The molecule has 1 aromatic carbocycles. The van der Waals surface area contributed by atoms with Gasteiger partial charge in [0, 0.05) is 38.0 Å². The van der Waals surface area contributed by atoms with E-state index in [1.165, 1.54) is 5.56 Å². The lowest BCUT2D eigenvalue weighted by Gasteiger charge is -2.36. The van der Waals surface area contributed by atoms with Crippen LogP contribution in [0.4, 0.5) is 0 Å². The fraction of sp³-hybridized carbons (Fsp3) is 0.625. The number of carbonyl (C=O) groups excluding carboxylic acids is 1. The normalized spacial score (nSPS) is 22.8. The zero-order valence-electron chi connectivity index (χ0n) is 18.6. The quantitative estimate of drug-likeness (QED) is 0.638. The van der Waals surface area contributed by atoms with Gasteiger partial charge in [-0.15, -0.1) is 0 Å². The van der Waals surface area contributed by atoms with Gasteiger partial charge in [0.1, 0.15) is 12.4 Å². The number of fused-ring (bicyclic) bond motifs is 1. The smallest absolute Gasteiger partial charge is 0.223 e. The highest BCUT2D eigenvalue weighted by atomic mass is 16.5. The van der Waals surface area contributed by atoms with E-state index >= 15 is 0 Å². The minimum atomic E-state index is -0.667. The molecule has 1 amide bonds. The van der Waals surface area contributed by atoms with Crippen LogP contribution in [0.25, 0.3) is 0 Å². The molecule has 3 rings (SSSR count). The Morgan fingerprint density at radius 2 is 2.17 bits per heavy atom. The van der Waals surface area contributed by atoms with Crippen molar-refractivity contribution in [3.63, 3.8) is 0 Å². The average Bonchev–Trinajstić information content (AvgIpc) is 2.75. The largest absolute Gasteiger partial charge is 0.489 e. The molecule has 6 heteroatoms. The van der Waals surface area contributed by atoms with Crippen LogP contribution in [-0.2, 0) is 16.0 Å². The maximum Gasteiger partial charge on any atom is 0.223 e. The summed E-state index contributed by atoms with van der Waals surface area (Å²) in [6, 6.07) is 2.05. The van der Waals surface area contributed by atoms with Gasteiger partial charge in [0.2, 0.25) is 5.91 Å². The van der Waals surface area contributed by atoms with Crippen LogP contribution in [-0.4, -0.2) is 61.9 Å². The third-order valence-electron chi connectivity index (χ3n) is 6.59. The summed E-state index contributed by atoms with van der Waals surface area (Å²) in [6.07, 6.45) is 2.73. The summed E-state index contributed by atoms with van der Waals surface area (Å²) in [7, 11) is 0. The van der Waals surface area contributed by atoms with Gasteiger partial charge in [-0.1, -0.05) is 19.6 Å². The minimum Gasteiger partial charge on any atom is -0.489 e. The van der Waals surface area contributed by atoms with Crippen LogP contribution < -0.4 is 10.1 Å². The second kappa shape index (κ2) is 10.4. The number of hydrogen-bond acceptors (Lipinski definition) is 5. The Morgan fingerprint density at radius 1 is 1.43 bits per heavy atom. The van der Waals surface area contributed by atoms with Gasteiger partial charge in [0.25, 0.3) is 0 Å². The first kappa shape index (κ1) is 22.8. The lowest BCUT2D eigenvalue weighted by atomic mass is 9.72. The molecule has 2 aliphatic rings. The Balaban J connectivity index is 1.65. The van der Waals surface area contributed by atoms with Gasteiger partial charge in [0.05, 0.1) is 19.3 Å². The number of aryl methyl sites for hydroxylation is 1. The summed E-state index contributed by atoms with van der Waals surface area (Å²) in [6.45, 7) is 14.9. The number of nitrogens with one attached hydrogen (secondary N) is 1. The van der Waals surface area contributed by atoms with Gasteiger partial charge < -0.3 is 19.9 Å². The van der Waals surface area contributed by atoms with E-state index in [2.05, 4.69) is 23.7 Å². The van der Waals surface area contributed by atoms with Crippen LogP contribution in [0.2, 0.25) is 0 Å². The second-order valence-corrected chi connectivity index (χ2v) is 8.49. The van der Waals surface area contributed by atoms with E-state index in [4.69, 9.17) is 9.47 Å². The molecule has 1 aliphatic heterocycles. The summed E-state index contributed by atoms with van der Waals surface area (Å²) < 4.78 is 11.2. The molecule has 1 aliphatic carbocycles. The number of hydrogen-bond donors (Lipinski definition) is 2. The molecule has 0 bridgehead atoms. The molecule has 2 N–H and O–H groups in total. The van der Waals surface area contributed by atoms with Crippen molar-refractivity contribution >= 4 is 5.91 Å². The van der Waals surface area contributed by atoms with Gasteiger partial charge >= 0.3 is 0 Å². The van der Waals surface area contributed by atoms with Crippen molar-refractivity contribution in [3.8, 4) is 5.75 Å². The number of rotatable bonds is 8. The molecule has 30 heavy (non-hydrogen) atoms. The molecule has 3 atom stereocenters. The topological polar surface area (TPSA) is 71.0 Å². The summed E-state index contributed by atoms with van der Waals surface area (Å²) in [5, 5.41) is 14.3. The van der Waals surface area contributed by atoms with Crippen LogP contribution in [0, 0.1) is 25.7 Å². The molecular formula is C24H36N2O4. The van der Waals surface area contributed by atoms with Crippen LogP contribution in [0.1, 0.15) is 41.7 Å². The van der Waals surface area contributed by atoms with Crippen molar-refractivity contribution < 1.29 is 19.4 Å². The zero-order chi connectivity index (χ0) is 21.7. The molecule has 1 aromatic rings. The van der Waals surface area contributed by atoms with Crippen LogP contribution in [0.3, 0.4) is 0 Å². The van der Waals surface area contributed by atoms with E-state index in [1.54, 1.807) is 6.08 Å². The molecule has 1 heterocycles. The van der Waals surface area contributed by atoms with E-state index in [0.717, 1.165) is 68.1 Å². The predicted octanol–water partition coefficient (Wildman–Crippen LogP) is 2.55. The standard InChI is InChI=1S/C24H36N2O4/c1-5-12-30-21-15-16(2)19-6-7-20(23(27)22(19)18(21)4)17(3)24(28)25-8-9-26-10-13-29-14-11-26/h5,15,17,20,23,27H,1,6-14H2,2-4H3,(H,25,28)/t17-,20?,23+/m0/s1. The monoisotopic (exact) mass is 416 g/mol. The highest BCUT2D eigenvalue weighted by molar-refractivity contribution is 5.78. The third kappa shape index (κ3) is 5.05. The Morgan fingerprint density at radius 3 is 2.87 bits per heavy atom. The molecule has 0 aromatic heterocycles. The lowest BCUT2D eigenvalue weighted by Crippen LogP contribution is -2.43. The van der Waals surface area contributed by atoms with Crippen molar-refractivity contribution in [2.24, 2.45) is 11.8 Å². The van der Waals surface area contributed by atoms with Gasteiger partial charge in [-0.05, 0) is 55.0 Å². The van der Waals surface area contributed by atoms with Crippen molar-refractivity contribution in [2.75, 3.05) is 46.0 Å². The highest BCUT2D eigenvalue weighted by Crippen LogP contribution is 2.43. The molecular weight excluding hydrogens is 380 g/mol. The summed E-state index contributed by atoms with van der Waals surface area (Å²) in [4.78, 5) is 15.1. The van der Waals surface area contributed by atoms with Crippen molar-refractivity contribution in [2.45, 2.75) is 39.7 Å². The number of morpholine rings is 1. The van der Waals surface area contributed by atoms with Gasteiger partial charge in [-0.25, -0.2) is 0 Å². The second-order valence-electron chi connectivity index (χ2n) is 8.49. The minimum absolute atomic E-state index is 0.0178. The fourth-order valence-electron chi connectivity index (χ4n) is 4.72. The first-order valence-electron chi connectivity index (χ1n) is 11.1. The first-order valence-corrected chi connectivity index (χ1v) is 11.1. The number of ether oxygens (including phenoxy) is 2. The van der Waals surface area contributed by atoms with Crippen LogP contribution in [0.5, 0.6) is 5.75 Å². The third-order valence-corrected chi connectivity index (χ3v) is 6.59. The number of carbonyl (C=O) groups is 1. The summed E-state index contributed by atoms with van der Waals surface area (Å²) in [5.41, 5.74) is 4.24. The van der Waals surface area contributed by atoms with E-state index in [0.29, 0.717) is 13.2 Å². The van der Waals surface area contributed by atoms with Gasteiger partial charge in [-0.2, -0.15) is 0 Å². The molecule has 0 saturated carbocycles. The van der Waals surface area contributed by atoms with Gasteiger partial charge in [0.15, 0.2) is 0 Å². The highest BCUT2D eigenvalue weighted by Gasteiger charge is 2.37. The summed E-state index contributed by atoms with van der Waals surface area (Å²) >= 11 is 0. The first-order chi connectivity index (χ1) is 14.4. The SMILES string of the molecule is C=CCOc1cc(C)c2c(c1C)[C@H](O)C([C@H](C)C(=O)NCCN1CCOCC1)CC2. The number of nitrogens with zero attached hydrogens (tertiary/aromatic N) is 1. The molecule has 0 radical (unpaired) electrons. The maximum atomic E-state index is 12.8. The predicted molar refractivity (Wildman–Crippen MR) is 118 cm³/mol. The molecule has 1 saturated heterocycles. The number of aliphatic hydroxyl groups excluding tert-OH is 1. The lowest BCUT2D eigenvalue weighted by molar-refractivity contribution is -0.128. The number of aliphatic hydroxyl groups is 1. The van der Waals surface area contributed by atoms with Gasteiger partial charge in [-0.3, -0.25) is 9.69 Å². The molecule has 166 valence electrons. The van der Waals surface area contributed by atoms with E-state index in [9.17, 15) is 9.90 Å². The fourth-order valence-corrected chi connectivity index (χ4v) is 4.72. The van der Waals surface area contributed by atoms with E-state index in [1.807, 2.05) is 19.9 Å². The van der Waals surface area contributed by atoms with Crippen LogP contribution >= 0.6 is 0 Å². The van der Waals surface area contributed by atoms with Crippen molar-refractivity contribution in [1.29, 1.82) is 0 Å². The number of amides is 1. The van der Waals surface area contributed by atoms with Crippen LogP contribution in [0.15, 0.2) is 18.7 Å². The van der Waals surface area contributed by atoms with E-state index < -0.39 is 6.10 Å². The Hall–Kier alpha value is -1.89. The summed E-state index contributed by atoms with van der Waals surface area (Å²) in [5.74, 6) is 0.446. The molecule has 1 unspecified atom stereocenters. The van der Waals surface area contributed by atoms with Crippen molar-refractivity contribution in [3.05, 3.63) is 41.0 Å². The Bertz CT molecular complexity index is 758.